The van der Waals surface area contributed by atoms with E-state index in [1.807, 2.05) is 0 Å². The van der Waals surface area contributed by atoms with Crippen molar-refractivity contribution in [3.05, 3.63) is 51.0 Å². The minimum atomic E-state index is -0.732. The Labute approximate surface area is 140 Å². The highest BCUT2D eigenvalue weighted by Crippen LogP contribution is 2.32. The highest BCUT2D eigenvalue weighted by Gasteiger charge is 2.18. The third kappa shape index (κ3) is 2.99. The average Bonchev–Trinajstić information content (AvgIpc) is 2.96. The second-order valence-electron chi connectivity index (χ2n) is 4.71. The molecule has 3 rings (SSSR count). The molecule has 0 saturated carbocycles. The van der Waals surface area contributed by atoms with Crippen LogP contribution in [0.1, 0.15) is 5.56 Å². The lowest BCUT2D eigenvalue weighted by molar-refractivity contribution is -0.385. The summed E-state index contributed by atoms with van der Waals surface area (Å²) in [6.45, 7) is 0. The number of hydrogen-bond donors (Lipinski definition) is 1. The summed E-state index contributed by atoms with van der Waals surface area (Å²) in [5.74, 6) is 0.0724. The molecule has 24 heavy (non-hydrogen) atoms. The standard InChI is InChI=1S/C15H10ClN3O5/c1-23-10-2-3-11-13(6-10)24-15(18-11)17-7-8-4-9(16)5-12(14(8)20)19(21)22/h2-7,20H,1H3/b17-7+. The number of aliphatic imine (C=N–C) groups is 1. The lowest BCUT2D eigenvalue weighted by Crippen LogP contribution is -1.92. The number of benzene rings is 2. The third-order valence-corrected chi connectivity index (χ3v) is 3.40. The molecule has 0 unspecified atom stereocenters. The van der Waals surface area contributed by atoms with Gasteiger partial charge in [0.05, 0.1) is 12.0 Å². The molecule has 0 saturated heterocycles. The summed E-state index contributed by atoms with van der Waals surface area (Å²) < 4.78 is 10.5. The van der Waals surface area contributed by atoms with Crippen LogP contribution >= 0.6 is 11.6 Å². The molecule has 2 aromatic carbocycles. The number of aromatic hydroxyl groups is 1. The van der Waals surface area contributed by atoms with Crippen LogP contribution in [0.4, 0.5) is 11.7 Å². The van der Waals surface area contributed by atoms with Crippen LogP contribution in [0.5, 0.6) is 11.5 Å². The van der Waals surface area contributed by atoms with E-state index in [1.165, 1.54) is 19.4 Å². The summed E-state index contributed by atoms with van der Waals surface area (Å²) in [5.41, 5.74) is 0.618. The van der Waals surface area contributed by atoms with E-state index in [1.54, 1.807) is 18.2 Å². The van der Waals surface area contributed by atoms with Crippen LogP contribution in [0.2, 0.25) is 5.02 Å². The van der Waals surface area contributed by atoms with Crippen molar-refractivity contribution in [2.75, 3.05) is 7.11 Å². The predicted octanol–water partition coefficient (Wildman–Crippen LogP) is 3.85. The number of nitro benzene ring substituents is 1. The maximum Gasteiger partial charge on any atom is 0.322 e. The van der Waals surface area contributed by atoms with Crippen LogP contribution in [0, 0.1) is 10.1 Å². The van der Waals surface area contributed by atoms with Crippen molar-refractivity contribution >= 4 is 40.6 Å². The average molecular weight is 348 g/mol. The molecular formula is C15H10ClN3O5. The van der Waals surface area contributed by atoms with Gasteiger partial charge >= 0.3 is 11.7 Å². The molecule has 9 heteroatoms. The smallest absolute Gasteiger partial charge is 0.322 e. The van der Waals surface area contributed by atoms with Crippen molar-refractivity contribution in [2.45, 2.75) is 0 Å². The van der Waals surface area contributed by atoms with Gasteiger partial charge in [-0.15, -0.1) is 0 Å². The van der Waals surface area contributed by atoms with Gasteiger partial charge in [0.25, 0.3) is 0 Å². The molecule has 1 heterocycles. The van der Waals surface area contributed by atoms with Gasteiger partial charge in [0, 0.05) is 28.9 Å². The number of fused-ring (bicyclic) bond motifs is 1. The second-order valence-corrected chi connectivity index (χ2v) is 5.14. The van der Waals surface area contributed by atoms with Gasteiger partial charge in [0.15, 0.2) is 5.58 Å². The number of rotatable bonds is 4. The van der Waals surface area contributed by atoms with Crippen LogP contribution < -0.4 is 4.74 Å². The van der Waals surface area contributed by atoms with Crippen molar-refractivity contribution in [1.82, 2.24) is 4.98 Å². The zero-order chi connectivity index (χ0) is 17.3. The Morgan fingerprint density at radius 3 is 2.92 bits per heavy atom. The molecule has 0 radical (unpaired) electrons. The fourth-order valence-corrected chi connectivity index (χ4v) is 2.26. The first-order valence-electron chi connectivity index (χ1n) is 6.63. The van der Waals surface area contributed by atoms with E-state index < -0.39 is 16.4 Å². The molecule has 0 amide bonds. The molecule has 0 aliphatic heterocycles. The lowest BCUT2D eigenvalue weighted by atomic mass is 10.2. The van der Waals surface area contributed by atoms with Gasteiger partial charge in [0.2, 0.25) is 5.75 Å². The minimum Gasteiger partial charge on any atom is -0.502 e. The number of phenols is 1. The molecule has 3 aromatic rings. The number of phenolic OH excluding ortho intramolecular Hbond substituents is 1. The van der Waals surface area contributed by atoms with Gasteiger partial charge < -0.3 is 14.3 Å². The van der Waals surface area contributed by atoms with Crippen LogP contribution in [-0.2, 0) is 0 Å². The highest BCUT2D eigenvalue weighted by molar-refractivity contribution is 6.31. The van der Waals surface area contributed by atoms with Crippen molar-refractivity contribution in [1.29, 1.82) is 0 Å². The Hall–Kier alpha value is -3.13. The Kier molecular flexibility index (Phi) is 4.05. The third-order valence-electron chi connectivity index (χ3n) is 3.18. The summed E-state index contributed by atoms with van der Waals surface area (Å²) in [6.07, 6.45) is 1.19. The first kappa shape index (κ1) is 15.8. The summed E-state index contributed by atoms with van der Waals surface area (Å²) in [4.78, 5) is 18.3. The number of oxazole rings is 1. The molecule has 1 aromatic heterocycles. The van der Waals surface area contributed by atoms with E-state index in [0.717, 1.165) is 6.07 Å². The van der Waals surface area contributed by atoms with Crippen molar-refractivity contribution < 1.29 is 19.2 Å². The highest BCUT2D eigenvalue weighted by atomic mass is 35.5. The quantitative estimate of drug-likeness (QED) is 0.436. The number of nitro groups is 1. The summed E-state index contributed by atoms with van der Waals surface area (Å²) in [5, 5.41) is 20.9. The maximum atomic E-state index is 10.9. The van der Waals surface area contributed by atoms with Gasteiger partial charge in [-0.3, -0.25) is 10.1 Å². The SMILES string of the molecule is COc1ccc2nc(/N=C/c3cc(Cl)cc([N+](=O)[O-])c3O)oc2c1. The maximum absolute atomic E-state index is 10.9. The van der Waals surface area contributed by atoms with Gasteiger partial charge in [0.1, 0.15) is 11.3 Å². The van der Waals surface area contributed by atoms with Gasteiger partial charge in [-0.25, -0.2) is 4.99 Å². The van der Waals surface area contributed by atoms with E-state index in [0.29, 0.717) is 16.8 Å². The number of halogens is 1. The molecule has 1 N–H and O–H groups in total. The molecule has 0 aliphatic carbocycles. The van der Waals surface area contributed by atoms with Crippen LogP contribution in [0.3, 0.4) is 0 Å². The molecule has 0 atom stereocenters. The fraction of sp³-hybridized carbons (Fsp3) is 0.0667. The minimum absolute atomic E-state index is 0.0280. The monoisotopic (exact) mass is 347 g/mol. The van der Waals surface area contributed by atoms with Gasteiger partial charge in [-0.05, 0) is 18.2 Å². The summed E-state index contributed by atoms with van der Waals surface area (Å²) in [6, 6.07) is 7.52. The summed E-state index contributed by atoms with van der Waals surface area (Å²) >= 11 is 5.82. The molecule has 8 nitrogen and oxygen atoms in total. The lowest BCUT2D eigenvalue weighted by Gasteiger charge is -2.00. The Bertz CT molecular complexity index is 967. The van der Waals surface area contributed by atoms with Crippen molar-refractivity contribution in [3.63, 3.8) is 0 Å². The van der Waals surface area contributed by atoms with E-state index in [4.69, 9.17) is 20.8 Å². The Morgan fingerprint density at radius 2 is 2.21 bits per heavy atom. The Morgan fingerprint density at radius 1 is 1.42 bits per heavy atom. The molecule has 122 valence electrons. The summed E-state index contributed by atoms with van der Waals surface area (Å²) in [7, 11) is 1.53. The number of methoxy groups -OCH3 is 1. The predicted molar refractivity (Wildman–Crippen MR) is 87.6 cm³/mol. The number of aromatic nitrogens is 1. The normalized spacial score (nSPS) is 11.2. The zero-order valence-electron chi connectivity index (χ0n) is 12.3. The van der Waals surface area contributed by atoms with Crippen molar-refractivity contribution in [3.8, 4) is 11.5 Å². The fourth-order valence-electron chi connectivity index (χ4n) is 2.04. The van der Waals surface area contributed by atoms with E-state index in [9.17, 15) is 15.2 Å². The largest absolute Gasteiger partial charge is 0.502 e. The van der Waals surface area contributed by atoms with Gasteiger partial charge in [-0.2, -0.15) is 4.98 Å². The topological polar surface area (TPSA) is 111 Å². The molecule has 0 fully saturated rings. The van der Waals surface area contributed by atoms with Crippen molar-refractivity contribution in [2.24, 2.45) is 4.99 Å². The van der Waals surface area contributed by atoms with Crippen LogP contribution in [0.15, 0.2) is 39.7 Å². The zero-order valence-corrected chi connectivity index (χ0v) is 13.0. The van der Waals surface area contributed by atoms with Crippen LogP contribution in [-0.4, -0.2) is 28.3 Å². The Balaban J connectivity index is 1.97. The molecule has 0 aliphatic rings. The molecular weight excluding hydrogens is 338 g/mol. The van der Waals surface area contributed by atoms with E-state index >= 15 is 0 Å². The molecule has 0 bridgehead atoms. The van der Waals surface area contributed by atoms with Gasteiger partial charge in [-0.1, -0.05) is 11.6 Å². The molecule has 0 spiro atoms. The number of ether oxygens (including phenoxy) is 1. The van der Waals surface area contributed by atoms with E-state index in [-0.39, 0.29) is 16.6 Å². The first-order chi connectivity index (χ1) is 11.5. The van der Waals surface area contributed by atoms with Crippen LogP contribution in [0.25, 0.3) is 11.1 Å². The number of hydrogen-bond acceptors (Lipinski definition) is 7. The van der Waals surface area contributed by atoms with E-state index in [2.05, 4.69) is 9.98 Å². The second kappa shape index (κ2) is 6.17. The first-order valence-corrected chi connectivity index (χ1v) is 7.01. The number of nitrogens with zero attached hydrogens (tertiary/aromatic N) is 3.